The Morgan fingerprint density at radius 3 is 2.58 bits per heavy atom. The first kappa shape index (κ1) is 14.7. The van der Waals surface area contributed by atoms with Crippen LogP contribution in [0.4, 0.5) is 0 Å². The van der Waals surface area contributed by atoms with Gasteiger partial charge in [0.2, 0.25) is 5.91 Å². The molecule has 6 nitrogen and oxygen atoms in total. The van der Waals surface area contributed by atoms with Crippen molar-refractivity contribution in [1.82, 2.24) is 5.32 Å². The molecule has 1 aromatic carbocycles. The highest BCUT2D eigenvalue weighted by molar-refractivity contribution is 5.93. The number of rotatable bonds is 5. The number of esters is 1. The Morgan fingerprint density at radius 1 is 1.26 bits per heavy atom. The van der Waals surface area contributed by atoms with E-state index in [-0.39, 0.29) is 6.54 Å². The maximum absolute atomic E-state index is 11.8. The minimum absolute atomic E-state index is 0.278. The molecule has 0 radical (unpaired) electrons. The van der Waals surface area contributed by atoms with E-state index >= 15 is 0 Å². The molecule has 0 bridgehead atoms. The van der Waals surface area contributed by atoms with E-state index in [1.54, 1.807) is 19.1 Å². The van der Waals surface area contributed by atoms with E-state index in [2.05, 4.69) is 5.32 Å². The van der Waals surface area contributed by atoms with E-state index in [9.17, 15) is 14.4 Å². The van der Waals surface area contributed by atoms with Crippen LogP contribution in [0.3, 0.4) is 0 Å². The fourth-order valence-corrected chi connectivity index (χ4v) is 1.40. The van der Waals surface area contributed by atoms with Crippen LogP contribution in [0.5, 0.6) is 0 Å². The van der Waals surface area contributed by atoms with Crippen LogP contribution < -0.4 is 11.1 Å². The zero-order valence-corrected chi connectivity index (χ0v) is 10.9. The number of hydrogen-bond acceptors (Lipinski definition) is 4. The summed E-state index contributed by atoms with van der Waals surface area (Å²) in [5.41, 5.74) is 6.98. The summed E-state index contributed by atoms with van der Waals surface area (Å²) in [7, 11) is 0. The Hall–Kier alpha value is -2.37. The number of nitrogens with two attached hydrogens (primary N) is 1. The van der Waals surface area contributed by atoms with Gasteiger partial charge < -0.3 is 15.8 Å². The van der Waals surface area contributed by atoms with E-state index < -0.39 is 24.4 Å². The van der Waals surface area contributed by atoms with Crippen molar-refractivity contribution in [2.24, 2.45) is 5.73 Å². The molecule has 1 aromatic rings. The van der Waals surface area contributed by atoms with Gasteiger partial charge in [-0.05, 0) is 25.5 Å². The number of amides is 2. The Labute approximate surface area is 110 Å². The number of carbonyl (C=O) groups is 3. The second kappa shape index (κ2) is 6.53. The molecule has 0 atom stereocenters. The standard InChI is InChI=1S/C13H16N2O4/c1-8-3-4-9(2)10(5-8)13(18)19-7-12(17)15-6-11(14)16/h3-5H,6-7H2,1-2H3,(H2,14,16)(H,15,17). The first-order chi connectivity index (χ1) is 8.90. The molecular formula is C13H16N2O4. The molecule has 102 valence electrons. The highest BCUT2D eigenvalue weighted by Gasteiger charge is 2.12. The number of hydrogen-bond donors (Lipinski definition) is 2. The van der Waals surface area contributed by atoms with E-state index in [1.165, 1.54) is 0 Å². The van der Waals surface area contributed by atoms with Crippen molar-refractivity contribution >= 4 is 17.8 Å². The lowest BCUT2D eigenvalue weighted by molar-refractivity contribution is -0.127. The van der Waals surface area contributed by atoms with Crippen LogP contribution in [-0.4, -0.2) is 30.9 Å². The fraction of sp³-hybridized carbons (Fsp3) is 0.308. The van der Waals surface area contributed by atoms with Gasteiger partial charge in [-0.2, -0.15) is 0 Å². The highest BCUT2D eigenvalue weighted by atomic mass is 16.5. The summed E-state index contributed by atoms with van der Waals surface area (Å²) in [6.45, 7) is 2.92. The lowest BCUT2D eigenvalue weighted by Gasteiger charge is -2.08. The molecule has 3 N–H and O–H groups in total. The van der Waals surface area contributed by atoms with Crippen molar-refractivity contribution in [1.29, 1.82) is 0 Å². The summed E-state index contributed by atoms with van der Waals surface area (Å²) in [6, 6.07) is 5.38. The largest absolute Gasteiger partial charge is 0.452 e. The molecule has 0 aliphatic rings. The fourth-order valence-electron chi connectivity index (χ4n) is 1.40. The molecule has 0 spiro atoms. The highest BCUT2D eigenvalue weighted by Crippen LogP contribution is 2.11. The maximum atomic E-state index is 11.8. The van der Waals surface area contributed by atoms with E-state index in [4.69, 9.17) is 10.5 Å². The minimum atomic E-state index is -0.658. The van der Waals surface area contributed by atoms with Gasteiger partial charge in [-0.15, -0.1) is 0 Å². The van der Waals surface area contributed by atoms with Crippen LogP contribution >= 0.6 is 0 Å². The predicted octanol–water partition coefficient (Wildman–Crippen LogP) is 0.0617. The van der Waals surface area contributed by atoms with Crippen LogP contribution in [0.15, 0.2) is 18.2 Å². The van der Waals surface area contributed by atoms with Crippen LogP contribution in [0, 0.1) is 13.8 Å². The zero-order chi connectivity index (χ0) is 14.4. The zero-order valence-electron chi connectivity index (χ0n) is 10.9. The van der Waals surface area contributed by atoms with Gasteiger partial charge in [0, 0.05) is 0 Å². The first-order valence-corrected chi connectivity index (χ1v) is 5.69. The monoisotopic (exact) mass is 264 g/mol. The van der Waals surface area contributed by atoms with Gasteiger partial charge in [-0.3, -0.25) is 9.59 Å². The van der Waals surface area contributed by atoms with Crippen LogP contribution in [0.1, 0.15) is 21.5 Å². The Kier molecular flexibility index (Phi) is 5.05. The first-order valence-electron chi connectivity index (χ1n) is 5.69. The number of primary amides is 1. The lowest BCUT2D eigenvalue weighted by atomic mass is 10.1. The van der Waals surface area contributed by atoms with Crippen molar-refractivity contribution in [2.75, 3.05) is 13.2 Å². The number of carbonyl (C=O) groups excluding carboxylic acids is 3. The maximum Gasteiger partial charge on any atom is 0.338 e. The third-order valence-corrected chi connectivity index (χ3v) is 2.41. The van der Waals surface area contributed by atoms with Gasteiger partial charge in [0.15, 0.2) is 6.61 Å². The lowest BCUT2D eigenvalue weighted by Crippen LogP contribution is -2.36. The minimum Gasteiger partial charge on any atom is -0.452 e. The molecular weight excluding hydrogens is 248 g/mol. The molecule has 0 aliphatic heterocycles. The van der Waals surface area contributed by atoms with E-state index in [0.29, 0.717) is 5.56 Å². The van der Waals surface area contributed by atoms with Gasteiger partial charge >= 0.3 is 5.97 Å². The average Bonchev–Trinajstić information content (AvgIpc) is 2.36. The second-order valence-corrected chi connectivity index (χ2v) is 4.14. The third-order valence-electron chi connectivity index (χ3n) is 2.41. The topological polar surface area (TPSA) is 98.5 Å². The van der Waals surface area contributed by atoms with Gasteiger partial charge in [0.05, 0.1) is 12.1 Å². The number of nitrogens with one attached hydrogen (secondary N) is 1. The quantitative estimate of drug-likeness (QED) is 0.735. The number of aryl methyl sites for hydroxylation is 2. The van der Waals surface area contributed by atoms with Crippen molar-refractivity contribution < 1.29 is 19.1 Å². The molecule has 0 unspecified atom stereocenters. The summed E-state index contributed by atoms with van der Waals surface area (Å²) in [5.74, 6) is -1.80. The molecule has 2 amide bonds. The normalized spacial score (nSPS) is 9.79. The Bertz CT molecular complexity index is 511. The summed E-state index contributed by atoms with van der Waals surface area (Å²) in [5, 5.41) is 2.22. The second-order valence-electron chi connectivity index (χ2n) is 4.14. The Morgan fingerprint density at radius 2 is 1.95 bits per heavy atom. The smallest absolute Gasteiger partial charge is 0.338 e. The molecule has 19 heavy (non-hydrogen) atoms. The molecule has 0 fully saturated rings. The summed E-state index contributed by atoms with van der Waals surface area (Å²) < 4.78 is 4.85. The van der Waals surface area contributed by atoms with Gasteiger partial charge in [0.25, 0.3) is 5.91 Å². The SMILES string of the molecule is Cc1ccc(C)c(C(=O)OCC(=O)NCC(N)=O)c1. The molecule has 0 saturated carbocycles. The van der Waals surface area contributed by atoms with Crippen molar-refractivity contribution in [2.45, 2.75) is 13.8 Å². The molecule has 0 aromatic heterocycles. The summed E-state index contributed by atoms with van der Waals surface area (Å²) in [6.07, 6.45) is 0. The summed E-state index contributed by atoms with van der Waals surface area (Å²) in [4.78, 5) is 33.5. The van der Waals surface area contributed by atoms with Crippen LogP contribution in [0.2, 0.25) is 0 Å². The summed E-state index contributed by atoms with van der Waals surface area (Å²) >= 11 is 0. The van der Waals surface area contributed by atoms with Gasteiger partial charge in [-0.1, -0.05) is 17.7 Å². The molecule has 0 aliphatic carbocycles. The van der Waals surface area contributed by atoms with E-state index in [0.717, 1.165) is 11.1 Å². The average molecular weight is 264 g/mol. The van der Waals surface area contributed by atoms with Crippen molar-refractivity contribution in [3.63, 3.8) is 0 Å². The molecule has 6 heteroatoms. The molecule has 1 rings (SSSR count). The number of ether oxygens (including phenoxy) is 1. The number of benzene rings is 1. The van der Waals surface area contributed by atoms with Gasteiger partial charge in [0.1, 0.15) is 0 Å². The van der Waals surface area contributed by atoms with E-state index in [1.807, 2.05) is 13.0 Å². The van der Waals surface area contributed by atoms with Crippen LogP contribution in [-0.2, 0) is 14.3 Å². The van der Waals surface area contributed by atoms with Crippen LogP contribution in [0.25, 0.3) is 0 Å². The van der Waals surface area contributed by atoms with Crippen molar-refractivity contribution in [3.8, 4) is 0 Å². The molecule has 0 heterocycles. The Balaban J connectivity index is 2.53. The van der Waals surface area contributed by atoms with Gasteiger partial charge in [-0.25, -0.2) is 4.79 Å². The van der Waals surface area contributed by atoms with Crippen molar-refractivity contribution in [3.05, 3.63) is 34.9 Å². The molecule has 0 saturated heterocycles. The predicted molar refractivity (Wildman–Crippen MR) is 68.4 cm³/mol. The third kappa shape index (κ3) is 4.79.